The van der Waals surface area contributed by atoms with E-state index in [9.17, 15) is 14.4 Å². The Morgan fingerprint density at radius 1 is 0.826 bits per heavy atom. The van der Waals surface area contributed by atoms with Gasteiger partial charge in [0.15, 0.2) is 0 Å². The van der Waals surface area contributed by atoms with Gasteiger partial charge in [-0.3, -0.25) is 0 Å². The summed E-state index contributed by atoms with van der Waals surface area (Å²) in [5.41, 5.74) is 2.80. The summed E-state index contributed by atoms with van der Waals surface area (Å²) in [7, 11) is 2.09. The number of rotatable bonds is 18. The highest BCUT2D eigenvalue weighted by atomic mass is 16.6. The van der Waals surface area contributed by atoms with Crippen LogP contribution >= 0.6 is 0 Å². The molecule has 0 saturated carbocycles. The van der Waals surface area contributed by atoms with E-state index in [0.29, 0.717) is 32.4 Å². The number of hydrogen-bond acceptors (Lipinski definition) is 7. The van der Waals surface area contributed by atoms with Crippen molar-refractivity contribution in [1.29, 1.82) is 0 Å². The molecule has 0 aliphatic carbocycles. The molecule has 3 N–H and O–H groups in total. The van der Waals surface area contributed by atoms with Crippen LogP contribution in [0.4, 0.5) is 9.59 Å². The standard InChI is InChI=1S/C37H50N4O5/c1-37(2,3)46-36(44)39-25-32(40-33(27-42)21-14-23-38-35(43)45-28-29-15-8-5-9-16-29)22-24-41(4)26-34(30-17-10-6-11-18-30)31-19-12-7-13-20-31/h5-13,15-20,27,32-34,40H,14,21-26,28H2,1-4H3,(H,38,43)(H,39,44)/t32-,33-/m1/s1. The molecule has 9 heteroatoms. The Balaban J connectivity index is 1.54. The minimum Gasteiger partial charge on any atom is -0.445 e. The number of carbonyl (C=O) groups is 3. The molecule has 0 unspecified atom stereocenters. The van der Waals surface area contributed by atoms with Gasteiger partial charge in [0, 0.05) is 31.6 Å². The first-order valence-corrected chi connectivity index (χ1v) is 16.0. The highest BCUT2D eigenvalue weighted by molar-refractivity contribution is 5.68. The Morgan fingerprint density at radius 3 is 1.98 bits per heavy atom. The van der Waals surface area contributed by atoms with Gasteiger partial charge >= 0.3 is 12.2 Å². The first-order valence-electron chi connectivity index (χ1n) is 16.0. The number of amides is 2. The fourth-order valence-electron chi connectivity index (χ4n) is 5.10. The van der Waals surface area contributed by atoms with Crippen LogP contribution in [-0.4, -0.2) is 74.3 Å². The number of nitrogens with one attached hydrogen (secondary N) is 3. The van der Waals surface area contributed by atoms with Gasteiger partial charge in [-0.15, -0.1) is 0 Å². The number of alkyl carbamates (subject to hydrolysis) is 2. The van der Waals surface area contributed by atoms with Crippen LogP contribution in [0.5, 0.6) is 0 Å². The molecule has 3 aromatic rings. The van der Waals surface area contributed by atoms with Crippen molar-refractivity contribution in [2.45, 2.75) is 70.2 Å². The van der Waals surface area contributed by atoms with E-state index in [2.05, 4.69) is 76.4 Å². The maximum atomic E-state index is 12.4. The molecule has 0 bridgehead atoms. The lowest BCUT2D eigenvalue weighted by Crippen LogP contribution is -2.48. The molecule has 2 atom stereocenters. The van der Waals surface area contributed by atoms with Crippen molar-refractivity contribution in [1.82, 2.24) is 20.9 Å². The fourth-order valence-corrected chi connectivity index (χ4v) is 5.10. The summed E-state index contributed by atoms with van der Waals surface area (Å²) < 4.78 is 10.7. The zero-order chi connectivity index (χ0) is 33.2. The number of aldehydes is 1. The molecule has 0 saturated heterocycles. The van der Waals surface area contributed by atoms with E-state index in [0.717, 1.165) is 24.9 Å². The summed E-state index contributed by atoms with van der Waals surface area (Å²) in [6.07, 6.45) is 1.69. The number of benzene rings is 3. The van der Waals surface area contributed by atoms with Gasteiger partial charge < -0.3 is 35.1 Å². The van der Waals surface area contributed by atoms with E-state index in [1.54, 1.807) is 0 Å². The Bertz CT molecular complexity index is 1260. The molecular weight excluding hydrogens is 580 g/mol. The molecule has 9 nitrogen and oxygen atoms in total. The Hall–Kier alpha value is -4.21. The topological polar surface area (TPSA) is 109 Å². The molecule has 0 aliphatic rings. The second kappa shape index (κ2) is 19.3. The summed E-state index contributed by atoms with van der Waals surface area (Å²) in [4.78, 5) is 38.9. The minimum absolute atomic E-state index is 0.180. The zero-order valence-electron chi connectivity index (χ0n) is 27.6. The highest BCUT2D eigenvalue weighted by Crippen LogP contribution is 2.25. The van der Waals surface area contributed by atoms with Crippen LogP contribution in [-0.2, 0) is 20.9 Å². The van der Waals surface area contributed by atoms with Crippen LogP contribution < -0.4 is 16.0 Å². The van der Waals surface area contributed by atoms with Crippen LogP contribution in [0.25, 0.3) is 0 Å². The Labute approximate surface area is 274 Å². The lowest BCUT2D eigenvalue weighted by Gasteiger charge is -2.28. The van der Waals surface area contributed by atoms with E-state index < -0.39 is 23.8 Å². The maximum absolute atomic E-state index is 12.4. The van der Waals surface area contributed by atoms with E-state index in [4.69, 9.17) is 9.47 Å². The molecule has 46 heavy (non-hydrogen) atoms. The van der Waals surface area contributed by atoms with Gasteiger partial charge in [-0.05, 0) is 70.3 Å². The monoisotopic (exact) mass is 630 g/mol. The Kier molecular flexibility index (Phi) is 15.2. The van der Waals surface area contributed by atoms with Crippen molar-refractivity contribution >= 4 is 18.5 Å². The molecule has 0 fully saturated rings. The summed E-state index contributed by atoms with van der Waals surface area (Å²) in [6, 6.07) is 29.8. The molecule has 3 rings (SSSR count). The van der Waals surface area contributed by atoms with Crippen molar-refractivity contribution in [2.75, 3.05) is 33.2 Å². The number of carbonyl (C=O) groups excluding carboxylic acids is 3. The van der Waals surface area contributed by atoms with Crippen LogP contribution in [0.2, 0.25) is 0 Å². The third-order valence-electron chi connectivity index (χ3n) is 7.44. The van der Waals surface area contributed by atoms with Gasteiger partial charge in [0.25, 0.3) is 0 Å². The van der Waals surface area contributed by atoms with Gasteiger partial charge in [-0.2, -0.15) is 0 Å². The predicted molar refractivity (Wildman–Crippen MR) is 182 cm³/mol. The highest BCUT2D eigenvalue weighted by Gasteiger charge is 2.21. The molecular formula is C37H50N4O5. The SMILES string of the molecule is CN(CC[C@H](CNC(=O)OC(C)(C)C)N[C@@H](C=O)CCCNC(=O)OCc1ccccc1)CC(c1ccccc1)c1ccccc1. The molecule has 0 aromatic heterocycles. The number of nitrogens with zero attached hydrogens (tertiary/aromatic N) is 1. The quantitative estimate of drug-likeness (QED) is 0.119. The molecule has 0 heterocycles. The minimum atomic E-state index is -0.613. The zero-order valence-corrected chi connectivity index (χ0v) is 27.6. The van der Waals surface area contributed by atoms with Gasteiger partial charge in [0.1, 0.15) is 18.5 Å². The van der Waals surface area contributed by atoms with Crippen molar-refractivity contribution in [3.8, 4) is 0 Å². The van der Waals surface area contributed by atoms with E-state index in [1.165, 1.54) is 11.1 Å². The Morgan fingerprint density at radius 2 is 1.41 bits per heavy atom. The van der Waals surface area contributed by atoms with Gasteiger partial charge in [-0.25, -0.2) is 9.59 Å². The fraction of sp³-hybridized carbons (Fsp3) is 0.432. The molecule has 3 aromatic carbocycles. The average Bonchev–Trinajstić information content (AvgIpc) is 3.05. The summed E-state index contributed by atoms with van der Waals surface area (Å²) in [5, 5.41) is 9.03. The van der Waals surface area contributed by atoms with Crippen molar-refractivity contribution < 1.29 is 23.9 Å². The first kappa shape index (κ1) is 36.3. The smallest absolute Gasteiger partial charge is 0.407 e. The third kappa shape index (κ3) is 14.3. The van der Waals surface area contributed by atoms with Crippen molar-refractivity contribution in [3.05, 3.63) is 108 Å². The van der Waals surface area contributed by atoms with E-state index >= 15 is 0 Å². The molecule has 248 valence electrons. The number of ether oxygens (including phenoxy) is 2. The summed E-state index contributed by atoms with van der Waals surface area (Å²) in [6.45, 7) is 7.89. The largest absolute Gasteiger partial charge is 0.445 e. The van der Waals surface area contributed by atoms with Crippen molar-refractivity contribution in [2.24, 2.45) is 0 Å². The summed E-state index contributed by atoms with van der Waals surface area (Å²) in [5.74, 6) is 0.202. The van der Waals surface area contributed by atoms with E-state index in [1.807, 2.05) is 63.2 Å². The van der Waals surface area contributed by atoms with Gasteiger partial charge in [0.2, 0.25) is 0 Å². The number of likely N-dealkylation sites (N-methyl/N-ethyl adjacent to an activating group) is 1. The molecule has 0 aliphatic heterocycles. The maximum Gasteiger partial charge on any atom is 0.407 e. The van der Waals surface area contributed by atoms with Crippen LogP contribution in [0.3, 0.4) is 0 Å². The van der Waals surface area contributed by atoms with Crippen LogP contribution in [0.15, 0.2) is 91.0 Å². The molecule has 0 spiro atoms. The van der Waals surface area contributed by atoms with Crippen LogP contribution in [0.1, 0.15) is 62.6 Å². The van der Waals surface area contributed by atoms with E-state index in [-0.39, 0.29) is 18.6 Å². The predicted octanol–water partition coefficient (Wildman–Crippen LogP) is 5.90. The second-order valence-electron chi connectivity index (χ2n) is 12.5. The van der Waals surface area contributed by atoms with Crippen molar-refractivity contribution in [3.63, 3.8) is 0 Å². The number of hydrogen-bond donors (Lipinski definition) is 3. The lowest BCUT2D eigenvalue weighted by atomic mass is 9.91. The van der Waals surface area contributed by atoms with Gasteiger partial charge in [-0.1, -0.05) is 91.0 Å². The average molecular weight is 631 g/mol. The summed E-state index contributed by atoms with van der Waals surface area (Å²) >= 11 is 0. The lowest BCUT2D eigenvalue weighted by molar-refractivity contribution is -0.109. The molecule has 2 amide bonds. The van der Waals surface area contributed by atoms with Crippen LogP contribution in [0, 0.1) is 0 Å². The molecule has 0 radical (unpaired) electrons. The first-order chi connectivity index (χ1) is 22.1. The third-order valence-corrected chi connectivity index (χ3v) is 7.44. The second-order valence-corrected chi connectivity index (χ2v) is 12.5. The van der Waals surface area contributed by atoms with Gasteiger partial charge in [0.05, 0.1) is 6.04 Å². The normalized spacial score (nSPS) is 12.7.